The van der Waals surface area contributed by atoms with Crippen molar-refractivity contribution in [2.75, 3.05) is 19.8 Å². The zero-order valence-electron chi connectivity index (χ0n) is 12.3. The monoisotopic (exact) mass is 324 g/mol. The Morgan fingerprint density at radius 2 is 2.36 bits per heavy atom. The van der Waals surface area contributed by atoms with Crippen molar-refractivity contribution in [2.45, 2.75) is 36.0 Å². The normalized spacial score (nSPS) is 29.2. The average molecular weight is 324 g/mol. The van der Waals surface area contributed by atoms with E-state index in [1.54, 1.807) is 28.7 Å². The van der Waals surface area contributed by atoms with Crippen LogP contribution in [0.4, 0.5) is 0 Å². The quantitative estimate of drug-likeness (QED) is 0.762. The second-order valence-electron chi connectivity index (χ2n) is 5.45. The van der Waals surface area contributed by atoms with Crippen LogP contribution >= 0.6 is 0 Å². The van der Waals surface area contributed by atoms with E-state index in [4.69, 9.17) is 9.47 Å². The molecular formula is C15H20N2O4S. The van der Waals surface area contributed by atoms with Crippen molar-refractivity contribution in [3.8, 4) is 0 Å². The van der Waals surface area contributed by atoms with E-state index in [-0.39, 0.29) is 23.1 Å². The Labute approximate surface area is 130 Å². The van der Waals surface area contributed by atoms with Gasteiger partial charge in [-0.1, -0.05) is 6.08 Å². The fourth-order valence-electron chi connectivity index (χ4n) is 3.19. The lowest BCUT2D eigenvalue weighted by Crippen LogP contribution is -2.53. The lowest BCUT2D eigenvalue weighted by Gasteiger charge is -2.37. The number of rotatable bonds is 5. The van der Waals surface area contributed by atoms with Gasteiger partial charge in [0.2, 0.25) is 10.0 Å². The molecule has 7 heteroatoms. The van der Waals surface area contributed by atoms with Crippen LogP contribution in [0.3, 0.4) is 0 Å². The van der Waals surface area contributed by atoms with Crippen LogP contribution in [0.15, 0.2) is 42.1 Å². The van der Waals surface area contributed by atoms with Gasteiger partial charge < -0.3 is 9.47 Å². The maximum atomic E-state index is 12.8. The zero-order chi connectivity index (χ0) is 15.6. The van der Waals surface area contributed by atoms with Gasteiger partial charge in [0.1, 0.15) is 11.0 Å². The summed E-state index contributed by atoms with van der Waals surface area (Å²) in [5.41, 5.74) is 0. The molecule has 1 aliphatic heterocycles. The Morgan fingerprint density at radius 3 is 3.09 bits per heavy atom. The van der Waals surface area contributed by atoms with E-state index in [0.29, 0.717) is 19.8 Å². The van der Waals surface area contributed by atoms with Gasteiger partial charge in [0.25, 0.3) is 0 Å². The second kappa shape index (κ2) is 6.45. The Kier molecular flexibility index (Phi) is 4.58. The molecule has 0 spiro atoms. The Balaban J connectivity index is 1.82. The molecule has 3 atom stereocenters. The van der Waals surface area contributed by atoms with Gasteiger partial charge in [0.15, 0.2) is 0 Å². The summed E-state index contributed by atoms with van der Waals surface area (Å²) in [7, 11) is -3.55. The van der Waals surface area contributed by atoms with E-state index in [0.717, 1.165) is 12.8 Å². The Hall–Kier alpha value is -1.28. The van der Waals surface area contributed by atoms with Crippen molar-refractivity contribution in [3.63, 3.8) is 0 Å². The molecular weight excluding hydrogens is 304 g/mol. The number of hydrogen-bond donors (Lipinski definition) is 0. The minimum atomic E-state index is -3.55. The van der Waals surface area contributed by atoms with Crippen LogP contribution in [-0.2, 0) is 19.5 Å². The standard InChI is InChI=1S/C15H20N2O4S/c1-2-9-20-14-6-5-13-15(14)21-10-8-17(13)22(18,19)12-4-3-7-16-11-12/h2-4,7,11,13-15H,1,5-6,8-10H2/t13-,14-,15+/m0/s1. The first-order chi connectivity index (χ1) is 10.6. The van der Waals surface area contributed by atoms with Gasteiger partial charge in [-0.05, 0) is 25.0 Å². The maximum absolute atomic E-state index is 12.8. The highest BCUT2D eigenvalue weighted by molar-refractivity contribution is 7.89. The third kappa shape index (κ3) is 2.81. The number of morpholine rings is 1. The molecule has 0 unspecified atom stereocenters. The summed E-state index contributed by atoms with van der Waals surface area (Å²) in [6.07, 6.45) is 5.90. The molecule has 3 rings (SSSR count). The van der Waals surface area contributed by atoms with E-state index in [2.05, 4.69) is 11.6 Å². The van der Waals surface area contributed by atoms with Crippen LogP contribution in [0.25, 0.3) is 0 Å². The number of fused-ring (bicyclic) bond motifs is 1. The van der Waals surface area contributed by atoms with Gasteiger partial charge in [-0.25, -0.2) is 8.42 Å². The summed E-state index contributed by atoms with van der Waals surface area (Å²) in [4.78, 5) is 4.14. The molecule has 0 bridgehead atoms. The number of ether oxygens (including phenoxy) is 2. The summed E-state index contributed by atoms with van der Waals surface area (Å²) in [6, 6.07) is 3.04. The Morgan fingerprint density at radius 1 is 1.50 bits per heavy atom. The molecule has 1 aromatic rings. The number of pyridine rings is 1. The molecule has 22 heavy (non-hydrogen) atoms. The molecule has 1 aliphatic carbocycles. The van der Waals surface area contributed by atoms with Crippen molar-refractivity contribution in [3.05, 3.63) is 37.2 Å². The first-order valence-corrected chi connectivity index (χ1v) is 8.84. The SMILES string of the molecule is C=CCO[C@H]1CC[C@H]2[C@H]1OCCN2S(=O)(=O)c1cccnc1. The highest BCUT2D eigenvalue weighted by atomic mass is 32.2. The first kappa shape index (κ1) is 15.6. The van der Waals surface area contributed by atoms with Crippen molar-refractivity contribution in [2.24, 2.45) is 0 Å². The minimum Gasteiger partial charge on any atom is -0.372 e. The molecule has 2 heterocycles. The summed E-state index contributed by atoms with van der Waals surface area (Å²) in [5, 5.41) is 0. The smallest absolute Gasteiger partial charge is 0.245 e. The van der Waals surface area contributed by atoms with Gasteiger partial charge in [0, 0.05) is 18.9 Å². The number of nitrogens with zero attached hydrogens (tertiary/aromatic N) is 2. The summed E-state index contributed by atoms with van der Waals surface area (Å²) >= 11 is 0. The molecule has 2 aliphatic rings. The molecule has 0 radical (unpaired) electrons. The van der Waals surface area contributed by atoms with Gasteiger partial charge in [-0.3, -0.25) is 4.98 Å². The highest BCUT2D eigenvalue weighted by Crippen LogP contribution is 2.35. The third-order valence-electron chi connectivity index (χ3n) is 4.15. The molecule has 1 saturated heterocycles. The molecule has 0 N–H and O–H groups in total. The largest absolute Gasteiger partial charge is 0.372 e. The van der Waals surface area contributed by atoms with Crippen LogP contribution < -0.4 is 0 Å². The minimum absolute atomic E-state index is 0.0742. The van der Waals surface area contributed by atoms with Crippen LogP contribution in [0.1, 0.15) is 12.8 Å². The molecule has 1 aromatic heterocycles. The van der Waals surface area contributed by atoms with Gasteiger partial charge >= 0.3 is 0 Å². The van der Waals surface area contributed by atoms with Gasteiger partial charge in [0.05, 0.1) is 25.4 Å². The van der Waals surface area contributed by atoms with E-state index in [1.807, 2.05) is 0 Å². The molecule has 0 aromatic carbocycles. The van der Waals surface area contributed by atoms with Crippen LogP contribution in [0.2, 0.25) is 0 Å². The van der Waals surface area contributed by atoms with Crippen LogP contribution in [-0.4, -0.2) is 55.7 Å². The number of aromatic nitrogens is 1. The van der Waals surface area contributed by atoms with Crippen molar-refractivity contribution in [1.29, 1.82) is 0 Å². The lowest BCUT2D eigenvalue weighted by molar-refractivity contribution is -0.0911. The number of hydrogen-bond acceptors (Lipinski definition) is 5. The fraction of sp³-hybridized carbons (Fsp3) is 0.533. The lowest BCUT2D eigenvalue weighted by atomic mass is 10.1. The predicted molar refractivity (Wildman–Crippen MR) is 80.8 cm³/mol. The van der Waals surface area contributed by atoms with Crippen molar-refractivity contribution >= 4 is 10.0 Å². The Bertz CT molecular complexity index is 620. The first-order valence-electron chi connectivity index (χ1n) is 7.40. The molecule has 120 valence electrons. The maximum Gasteiger partial charge on any atom is 0.245 e. The average Bonchev–Trinajstić information content (AvgIpc) is 2.96. The number of sulfonamides is 1. The molecule has 0 amide bonds. The van der Waals surface area contributed by atoms with E-state index < -0.39 is 10.0 Å². The fourth-order valence-corrected chi connectivity index (χ4v) is 4.80. The summed E-state index contributed by atoms with van der Waals surface area (Å²) < 4.78 is 38.7. The van der Waals surface area contributed by atoms with Crippen LogP contribution in [0, 0.1) is 0 Å². The topological polar surface area (TPSA) is 68.7 Å². The summed E-state index contributed by atoms with van der Waals surface area (Å²) in [5.74, 6) is 0. The second-order valence-corrected chi connectivity index (χ2v) is 7.34. The molecule has 6 nitrogen and oxygen atoms in total. The van der Waals surface area contributed by atoms with Gasteiger partial charge in [-0.15, -0.1) is 6.58 Å². The highest BCUT2D eigenvalue weighted by Gasteiger charge is 2.47. The van der Waals surface area contributed by atoms with Crippen molar-refractivity contribution in [1.82, 2.24) is 9.29 Å². The predicted octanol–water partition coefficient (Wildman–Crippen LogP) is 1.20. The summed E-state index contributed by atoms with van der Waals surface area (Å²) in [6.45, 7) is 4.84. The van der Waals surface area contributed by atoms with E-state index >= 15 is 0 Å². The van der Waals surface area contributed by atoms with Crippen molar-refractivity contribution < 1.29 is 17.9 Å². The van der Waals surface area contributed by atoms with E-state index in [1.165, 1.54) is 6.20 Å². The zero-order valence-corrected chi connectivity index (χ0v) is 13.1. The van der Waals surface area contributed by atoms with E-state index in [9.17, 15) is 8.42 Å². The van der Waals surface area contributed by atoms with Gasteiger partial charge in [-0.2, -0.15) is 4.31 Å². The molecule has 1 saturated carbocycles. The molecule has 2 fully saturated rings. The van der Waals surface area contributed by atoms with Crippen LogP contribution in [0.5, 0.6) is 0 Å². The third-order valence-corrected chi connectivity index (χ3v) is 6.06.